The smallest absolute Gasteiger partial charge is 0.0746 e. The molecule has 0 aliphatic carbocycles. The Hall–Kier alpha value is -1.92. The number of rotatable bonds is 4. The fourth-order valence-corrected chi connectivity index (χ4v) is 1.68. The average molecular weight is 211 g/mol. The number of hydrogen-bond acceptors (Lipinski definition) is 3. The molecule has 3 heteroatoms. The van der Waals surface area contributed by atoms with Crippen LogP contribution >= 0.6 is 0 Å². The zero-order chi connectivity index (χ0) is 11.2. The second-order valence-electron chi connectivity index (χ2n) is 3.58. The molecule has 0 atom stereocenters. The number of hydrogen-bond donors (Lipinski definition) is 1. The Balaban J connectivity index is 2.15. The van der Waals surface area contributed by atoms with E-state index in [0.29, 0.717) is 6.42 Å². The molecule has 0 saturated heterocycles. The predicted octanol–water partition coefficient (Wildman–Crippen LogP) is 2.24. The fraction of sp³-hybridized carbons (Fsp3) is 0.231. The number of benzene rings is 1. The van der Waals surface area contributed by atoms with E-state index in [4.69, 9.17) is 5.26 Å². The maximum atomic E-state index is 8.43. The van der Waals surface area contributed by atoms with Gasteiger partial charge in [-0.3, -0.25) is 4.98 Å². The van der Waals surface area contributed by atoms with Gasteiger partial charge in [0.1, 0.15) is 0 Å². The van der Waals surface area contributed by atoms with Crippen LogP contribution in [0, 0.1) is 11.3 Å². The lowest BCUT2D eigenvalue weighted by Gasteiger charge is -2.05. The summed E-state index contributed by atoms with van der Waals surface area (Å²) in [5.74, 6) is 0. The summed E-state index contributed by atoms with van der Waals surface area (Å²) in [6.45, 7) is 1.48. The number of nitrogens with one attached hydrogen (secondary N) is 1. The fourth-order valence-electron chi connectivity index (χ4n) is 1.68. The molecule has 2 aromatic rings. The summed E-state index contributed by atoms with van der Waals surface area (Å²) >= 11 is 0. The van der Waals surface area contributed by atoms with E-state index in [2.05, 4.69) is 34.6 Å². The first-order chi connectivity index (χ1) is 7.92. The Morgan fingerprint density at radius 2 is 2.12 bits per heavy atom. The lowest BCUT2D eigenvalue weighted by Crippen LogP contribution is -2.14. The minimum absolute atomic E-state index is 0.540. The van der Waals surface area contributed by atoms with Gasteiger partial charge >= 0.3 is 0 Å². The second kappa shape index (κ2) is 5.24. The molecule has 1 N–H and O–H groups in total. The summed E-state index contributed by atoms with van der Waals surface area (Å²) in [7, 11) is 0. The van der Waals surface area contributed by atoms with Crippen LogP contribution in [-0.4, -0.2) is 11.5 Å². The molecule has 1 aromatic heterocycles. The van der Waals surface area contributed by atoms with Crippen LogP contribution in [-0.2, 0) is 6.54 Å². The Morgan fingerprint density at radius 1 is 1.25 bits per heavy atom. The van der Waals surface area contributed by atoms with Crippen LogP contribution in [0.2, 0.25) is 0 Å². The second-order valence-corrected chi connectivity index (χ2v) is 3.58. The third kappa shape index (κ3) is 2.36. The normalized spacial score (nSPS) is 10.2. The van der Waals surface area contributed by atoms with E-state index in [1.807, 2.05) is 12.1 Å². The van der Waals surface area contributed by atoms with Gasteiger partial charge in [-0.05, 0) is 11.6 Å². The van der Waals surface area contributed by atoms with Gasteiger partial charge in [-0.1, -0.05) is 24.3 Å². The SMILES string of the molecule is N#CCCNCc1cccc2cccnc12. The van der Waals surface area contributed by atoms with E-state index < -0.39 is 0 Å². The van der Waals surface area contributed by atoms with Crippen molar-refractivity contribution in [2.24, 2.45) is 0 Å². The predicted molar refractivity (Wildman–Crippen MR) is 63.7 cm³/mol. The van der Waals surface area contributed by atoms with Crippen LogP contribution in [0.4, 0.5) is 0 Å². The molecule has 2 rings (SSSR count). The molecule has 0 spiro atoms. The molecule has 0 saturated carbocycles. The van der Waals surface area contributed by atoms with Crippen molar-refractivity contribution < 1.29 is 0 Å². The number of para-hydroxylation sites is 1. The van der Waals surface area contributed by atoms with Crippen molar-refractivity contribution >= 4 is 10.9 Å². The van der Waals surface area contributed by atoms with E-state index in [9.17, 15) is 0 Å². The Morgan fingerprint density at radius 3 is 3.00 bits per heavy atom. The van der Waals surface area contributed by atoms with Crippen molar-refractivity contribution in [1.29, 1.82) is 5.26 Å². The largest absolute Gasteiger partial charge is 0.312 e. The van der Waals surface area contributed by atoms with Gasteiger partial charge in [-0.25, -0.2) is 0 Å². The number of pyridine rings is 1. The highest BCUT2D eigenvalue weighted by atomic mass is 14.8. The molecule has 0 bridgehead atoms. The summed E-state index contributed by atoms with van der Waals surface area (Å²) < 4.78 is 0. The van der Waals surface area contributed by atoms with Gasteiger partial charge in [0.05, 0.1) is 11.6 Å². The molecule has 0 radical (unpaired) electrons. The van der Waals surface area contributed by atoms with Gasteiger partial charge < -0.3 is 5.32 Å². The monoisotopic (exact) mass is 211 g/mol. The van der Waals surface area contributed by atoms with Gasteiger partial charge in [0.15, 0.2) is 0 Å². The highest BCUT2D eigenvalue weighted by Gasteiger charge is 2.00. The Bertz CT molecular complexity index is 509. The van der Waals surface area contributed by atoms with Crippen molar-refractivity contribution in [2.75, 3.05) is 6.54 Å². The number of nitrogens with zero attached hydrogens (tertiary/aromatic N) is 2. The van der Waals surface area contributed by atoms with Crippen LogP contribution in [0.15, 0.2) is 36.5 Å². The zero-order valence-electron chi connectivity index (χ0n) is 8.98. The van der Waals surface area contributed by atoms with Crippen molar-refractivity contribution in [3.8, 4) is 6.07 Å². The topological polar surface area (TPSA) is 48.7 Å². The summed E-state index contributed by atoms with van der Waals surface area (Å²) in [4.78, 5) is 4.38. The first kappa shape index (κ1) is 10.6. The molecule has 0 fully saturated rings. The molecule has 0 aliphatic rings. The Labute approximate surface area is 94.7 Å². The minimum atomic E-state index is 0.540. The van der Waals surface area contributed by atoms with E-state index in [1.165, 1.54) is 5.56 Å². The summed E-state index contributed by atoms with van der Waals surface area (Å²) in [5.41, 5.74) is 2.21. The highest BCUT2D eigenvalue weighted by molar-refractivity contribution is 5.81. The standard InChI is InChI=1S/C13H13N3/c14-7-3-8-15-10-12-5-1-4-11-6-2-9-16-13(11)12/h1-2,4-6,9,15H,3,8,10H2. The van der Waals surface area contributed by atoms with E-state index in [1.54, 1.807) is 6.20 Å². The maximum absolute atomic E-state index is 8.43. The molecule has 1 heterocycles. The van der Waals surface area contributed by atoms with Gasteiger partial charge in [-0.2, -0.15) is 5.26 Å². The third-order valence-corrected chi connectivity index (χ3v) is 2.45. The lowest BCUT2D eigenvalue weighted by atomic mass is 10.1. The average Bonchev–Trinajstić information content (AvgIpc) is 2.35. The Kier molecular flexibility index (Phi) is 3.47. The van der Waals surface area contributed by atoms with E-state index in [-0.39, 0.29) is 0 Å². The van der Waals surface area contributed by atoms with Crippen LogP contribution in [0.5, 0.6) is 0 Å². The highest BCUT2D eigenvalue weighted by Crippen LogP contribution is 2.15. The van der Waals surface area contributed by atoms with Gasteiger partial charge in [0.2, 0.25) is 0 Å². The quantitative estimate of drug-likeness (QED) is 0.789. The number of fused-ring (bicyclic) bond motifs is 1. The molecule has 0 unspecified atom stereocenters. The first-order valence-electron chi connectivity index (χ1n) is 5.32. The molecular weight excluding hydrogens is 198 g/mol. The molecule has 3 nitrogen and oxygen atoms in total. The summed E-state index contributed by atoms with van der Waals surface area (Å²) in [6.07, 6.45) is 2.35. The lowest BCUT2D eigenvalue weighted by molar-refractivity contribution is 0.701. The van der Waals surface area contributed by atoms with E-state index >= 15 is 0 Å². The van der Waals surface area contributed by atoms with Crippen LogP contribution in [0.3, 0.4) is 0 Å². The van der Waals surface area contributed by atoms with Crippen LogP contribution < -0.4 is 5.32 Å². The molecule has 0 aliphatic heterocycles. The third-order valence-electron chi connectivity index (χ3n) is 2.45. The molecular formula is C13H13N3. The number of aromatic nitrogens is 1. The minimum Gasteiger partial charge on any atom is -0.312 e. The van der Waals surface area contributed by atoms with Crippen LogP contribution in [0.1, 0.15) is 12.0 Å². The van der Waals surface area contributed by atoms with Crippen LogP contribution in [0.25, 0.3) is 10.9 Å². The first-order valence-corrected chi connectivity index (χ1v) is 5.32. The summed E-state index contributed by atoms with van der Waals surface area (Å²) in [6, 6.07) is 12.3. The summed E-state index contributed by atoms with van der Waals surface area (Å²) in [5, 5.41) is 12.8. The van der Waals surface area contributed by atoms with Crippen molar-refractivity contribution in [3.05, 3.63) is 42.1 Å². The molecule has 1 aromatic carbocycles. The van der Waals surface area contributed by atoms with Gasteiger partial charge in [0, 0.05) is 31.1 Å². The van der Waals surface area contributed by atoms with Gasteiger partial charge in [-0.15, -0.1) is 0 Å². The maximum Gasteiger partial charge on any atom is 0.0746 e. The molecule has 80 valence electrons. The zero-order valence-corrected chi connectivity index (χ0v) is 8.98. The van der Waals surface area contributed by atoms with Crippen molar-refractivity contribution in [1.82, 2.24) is 10.3 Å². The molecule has 0 amide bonds. The number of nitriles is 1. The van der Waals surface area contributed by atoms with Crippen molar-refractivity contribution in [2.45, 2.75) is 13.0 Å². The van der Waals surface area contributed by atoms with Gasteiger partial charge in [0.25, 0.3) is 0 Å². The van der Waals surface area contributed by atoms with Crippen molar-refractivity contribution in [3.63, 3.8) is 0 Å². The van der Waals surface area contributed by atoms with E-state index in [0.717, 1.165) is 24.0 Å². The molecule has 16 heavy (non-hydrogen) atoms.